The standard InChI is InChI=1S/C15H23NO3/c1-5-16(9-11(2)3)10-13-8-12(15(17)18)6-7-14(13)19-4/h6-8,11H,5,9-10H2,1-4H3,(H,17,18). The number of rotatable bonds is 7. The first-order valence-corrected chi connectivity index (χ1v) is 6.60. The number of benzene rings is 1. The van der Waals surface area contributed by atoms with Gasteiger partial charge in [0.25, 0.3) is 0 Å². The van der Waals surface area contributed by atoms with Crippen molar-refractivity contribution < 1.29 is 14.6 Å². The first kappa shape index (κ1) is 15.5. The molecule has 0 aliphatic heterocycles. The van der Waals surface area contributed by atoms with Gasteiger partial charge < -0.3 is 9.84 Å². The van der Waals surface area contributed by atoms with Crippen molar-refractivity contribution in [2.45, 2.75) is 27.3 Å². The average Bonchev–Trinajstić information content (AvgIpc) is 2.37. The lowest BCUT2D eigenvalue weighted by Gasteiger charge is -2.23. The number of nitrogens with zero attached hydrogens (tertiary/aromatic N) is 1. The van der Waals surface area contributed by atoms with Crippen LogP contribution < -0.4 is 4.74 Å². The molecule has 0 heterocycles. The Hall–Kier alpha value is -1.55. The van der Waals surface area contributed by atoms with E-state index in [1.807, 2.05) is 0 Å². The summed E-state index contributed by atoms with van der Waals surface area (Å²) in [5, 5.41) is 9.06. The number of carboxylic acid groups (broad SMARTS) is 1. The quantitative estimate of drug-likeness (QED) is 0.823. The van der Waals surface area contributed by atoms with E-state index in [0.717, 1.165) is 24.4 Å². The zero-order valence-corrected chi connectivity index (χ0v) is 12.1. The highest BCUT2D eigenvalue weighted by atomic mass is 16.5. The normalized spacial score (nSPS) is 11.1. The van der Waals surface area contributed by atoms with E-state index in [0.29, 0.717) is 18.0 Å². The Morgan fingerprint density at radius 3 is 2.58 bits per heavy atom. The molecular formula is C15H23NO3. The second kappa shape index (κ2) is 7.14. The Morgan fingerprint density at radius 2 is 2.11 bits per heavy atom. The fourth-order valence-electron chi connectivity index (χ4n) is 2.10. The summed E-state index contributed by atoms with van der Waals surface area (Å²) in [6.45, 7) is 9.07. The maximum absolute atomic E-state index is 11.0. The van der Waals surface area contributed by atoms with Crippen LogP contribution in [0.1, 0.15) is 36.7 Å². The van der Waals surface area contributed by atoms with Gasteiger partial charge in [-0.15, -0.1) is 0 Å². The number of hydrogen-bond donors (Lipinski definition) is 1. The summed E-state index contributed by atoms with van der Waals surface area (Å²) in [7, 11) is 1.61. The minimum absolute atomic E-state index is 0.302. The van der Waals surface area contributed by atoms with Crippen molar-refractivity contribution in [2.24, 2.45) is 5.92 Å². The topological polar surface area (TPSA) is 49.8 Å². The van der Waals surface area contributed by atoms with Crippen LogP contribution in [0.2, 0.25) is 0 Å². The molecule has 0 bridgehead atoms. The number of aromatic carboxylic acids is 1. The van der Waals surface area contributed by atoms with Gasteiger partial charge in [0.15, 0.2) is 0 Å². The lowest BCUT2D eigenvalue weighted by Crippen LogP contribution is -2.27. The maximum atomic E-state index is 11.0. The minimum Gasteiger partial charge on any atom is -0.496 e. The molecule has 1 aromatic carbocycles. The van der Waals surface area contributed by atoms with Crippen molar-refractivity contribution >= 4 is 5.97 Å². The van der Waals surface area contributed by atoms with Crippen molar-refractivity contribution in [1.82, 2.24) is 4.90 Å². The molecule has 1 N–H and O–H groups in total. The van der Waals surface area contributed by atoms with Crippen LogP contribution in [0, 0.1) is 5.92 Å². The Balaban J connectivity index is 2.95. The van der Waals surface area contributed by atoms with Gasteiger partial charge in [-0.3, -0.25) is 4.90 Å². The summed E-state index contributed by atoms with van der Waals surface area (Å²) >= 11 is 0. The fourth-order valence-corrected chi connectivity index (χ4v) is 2.10. The van der Waals surface area contributed by atoms with Crippen LogP contribution in [-0.4, -0.2) is 36.2 Å². The molecule has 0 aliphatic carbocycles. The van der Waals surface area contributed by atoms with E-state index in [2.05, 4.69) is 25.7 Å². The van der Waals surface area contributed by atoms with Gasteiger partial charge in [-0.05, 0) is 30.7 Å². The lowest BCUT2D eigenvalue weighted by atomic mass is 10.1. The highest BCUT2D eigenvalue weighted by molar-refractivity contribution is 5.88. The van der Waals surface area contributed by atoms with Crippen molar-refractivity contribution in [1.29, 1.82) is 0 Å². The molecule has 0 saturated heterocycles. The number of carbonyl (C=O) groups is 1. The second-order valence-corrected chi connectivity index (χ2v) is 5.05. The van der Waals surface area contributed by atoms with Gasteiger partial charge >= 0.3 is 5.97 Å². The smallest absolute Gasteiger partial charge is 0.335 e. The summed E-state index contributed by atoms with van der Waals surface area (Å²) in [6.07, 6.45) is 0. The largest absolute Gasteiger partial charge is 0.496 e. The maximum Gasteiger partial charge on any atom is 0.335 e. The van der Waals surface area contributed by atoms with Gasteiger partial charge in [-0.2, -0.15) is 0 Å². The Kier molecular flexibility index (Phi) is 5.83. The van der Waals surface area contributed by atoms with E-state index in [-0.39, 0.29) is 0 Å². The average molecular weight is 265 g/mol. The van der Waals surface area contributed by atoms with E-state index in [1.165, 1.54) is 0 Å². The van der Waals surface area contributed by atoms with Crippen LogP contribution in [-0.2, 0) is 6.54 Å². The van der Waals surface area contributed by atoms with Crippen LogP contribution >= 0.6 is 0 Å². The zero-order valence-electron chi connectivity index (χ0n) is 12.1. The minimum atomic E-state index is -0.907. The first-order chi connectivity index (χ1) is 8.97. The van der Waals surface area contributed by atoms with Crippen LogP contribution in [0.5, 0.6) is 5.75 Å². The lowest BCUT2D eigenvalue weighted by molar-refractivity contribution is 0.0696. The Bertz CT molecular complexity index is 429. The van der Waals surface area contributed by atoms with Crippen LogP contribution in [0.25, 0.3) is 0 Å². The van der Waals surface area contributed by atoms with Gasteiger partial charge in [0.2, 0.25) is 0 Å². The second-order valence-electron chi connectivity index (χ2n) is 5.05. The molecule has 0 spiro atoms. The van der Waals surface area contributed by atoms with Gasteiger partial charge in [-0.25, -0.2) is 4.79 Å². The summed E-state index contributed by atoms with van der Waals surface area (Å²) in [6, 6.07) is 5.00. The van der Waals surface area contributed by atoms with Crippen LogP contribution in [0.15, 0.2) is 18.2 Å². The van der Waals surface area contributed by atoms with E-state index in [9.17, 15) is 4.79 Å². The third-order valence-electron chi connectivity index (χ3n) is 2.99. The fraction of sp³-hybridized carbons (Fsp3) is 0.533. The number of hydrogen-bond acceptors (Lipinski definition) is 3. The summed E-state index contributed by atoms with van der Waals surface area (Å²) < 4.78 is 5.31. The molecule has 1 aromatic rings. The first-order valence-electron chi connectivity index (χ1n) is 6.60. The molecule has 0 fully saturated rings. The monoisotopic (exact) mass is 265 g/mol. The summed E-state index contributed by atoms with van der Waals surface area (Å²) in [5.74, 6) is 0.414. The summed E-state index contributed by atoms with van der Waals surface area (Å²) in [4.78, 5) is 13.3. The predicted octanol–water partition coefficient (Wildman–Crippen LogP) is 2.87. The third kappa shape index (κ3) is 4.56. The van der Waals surface area contributed by atoms with E-state index < -0.39 is 5.97 Å². The molecule has 4 nitrogen and oxygen atoms in total. The van der Waals surface area contributed by atoms with Gasteiger partial charge in [0.05, 0.1) is 12.7 Å². The van der Waals surface area contributed by atoms with Crippen LogP contribution in [0.3, 0.4) is 0 Å². The van der Waals surface area contributed by atoms with Crippen molar-refractivity contribution in [3.63, 3.8) is 0 Å². The molecule has 0 aromatic heterocycles. The van der Waals surface area contributed by atoms with Crippen LogP contribution in [0.4, 0.5) is 0 Å². The van der Waals surface area contributed by atoms with E-state index in [1.54, 1.807) is 25.3 Å². The molecule has 106 valence electrons. The Labute approximate surface area is 115 Å². The number of methoxy groups -OCH3 is 1. The molecule has 19 heavy (non-hydrogen) atoms. The molecule has 0 radical (unpaired) electrons. The van der Waals surface area contributed by atoms with E-state index in [4.69, 9.17) is 9.84 Å². The van der Waals surface area contributed by atoms with E-state index >= 15 is 0 Å². The SMILES string of the molecule is CCN(Cc1cc(C(=O)O)ccc1OC)CC(C)C. The molecule has 0 saturated carbocycles. The summed E-state index contributed by atoms with van der Waals surface area (Å²) in [5.41, 5.74) is 1.22. The zero-order chi connectivity index (χ0) is 14.4. The predicted molar refractivity (Wildman–Crippen MR) is 75.7 cm³/mol. The molecule has 0 amide bonds. The van der Waals surface area contributed by atoms with Gasteiger partial charge in [0, 0.05) is 18.7 Å². The van der Waals surface area contributed by atoms with Gasteiger partial charge in [0.1, 0.15) is 5.75 Å². The van der Waals surface area contributed by atoms with Gasteiger partial charge in [-0.1, -0.05) is 20.8 Å². The Morgan fingerprint density at radius 1 is 1.42 bits per heavy atom. The molecular weight excluding hydrogens is 242 g/mol. The van der Waals surface area contributed by atoms with Crippen molar-refractivity contribution in [3.05, 3.63) is 29.3 Å². The highest BCUT2D eigenvalue weighted by Crippen LogP contribution is 2.22. The molecule has 4 heteroatoms. The molecule has 0 unspecified atom stereocenters. The van der Waals surface area contributed by atoms with Crippen molar-refractivity contribution in [2.75, 3.05) is 20.2 Å². The molecule has 0 atom stereocenters. The highest BCUT2D eigenvalue weighted by Gasteiger charge is 2.12. The molecule has 0 aliphatic rings. The number of carboxylic acids is 1. The third-order valence-corrected chi connectivity index (χ3v) is 2.99. The number of ether oxygens (including phenoxy) is 1. The van der Waals surface area contributed by atoms with Crippen molar-refractivity contribution in [3.8, 4) is 5.75 Å². The molecule has 1 rings (SSSR count).